The Balaban J connectivity index is 1.34. The first kappa shape index (κ1) is 26.5. The molecule has 2 aromatic carbocycles. The number of furan rings is 1. The van der Waals surface area contributed by atoms with Gasteiger partial charge in [-0.15, -0.1) is 10.2 Å². The Hall–Kier alpha value is -4.56. The van der Waals surface area contributed by atoms with E-state index in [2.05, 4.69) is 26.0 Å². The molecule has 196 valence electrons. The fourth-order valence-corrected chi connectivity index (χ4v) is 4.69. The number of carbonyl (C=O) groups is 2. The lowest BCUT2D eigenvalue weighted by atomic mass is 10.2. The highest BCUT2D eigenvalue weighted by Crippen LogP contribution is 2.31. The number of anilines is 1. The van der Waals surface area contributed by atoms with E-state index in [9.17, 15) is 18.0 Å². The Morgan fingerprint density at radius 1 is 1.08 bits per heavy atom. The maximum absolute atomic E-state index is 12.6. The molecule has 0 bridgehead atoms. The molecular formula is C24H21N5O7S2. The van der Waals surface area contributed by atoms with Crippen molar-refractivity contribution in [2.24, 2.45) is 5.10 Å². The summed E-state index contributed by atoms with van der Waals surface area (Å²) in [5.41, 5.74) is 2.90. The molecule has 4 aromatic rings. The van der Waals surface area contributed by atoms with Crippen molar-refractivity contribution in [1.29, 1.82) is 0 Å². The summed E-state index contributed by atoms with van der Waals surface area (Å²) in [6.07, 6.45) is 2.63. The lowest BCUT2D eigenvalue weighted by molar-refractivity contribution is -0.120. The van der Waals surface area contributed by atoms with Crippen molar-refractivity contribution in [1.82, 2.24) is 15.6 Å². The molecule has 14 heteroatoms. The van der Waals surface area contributed by atoms with Gasteiger partial charge in [-0.1, -0.05) is 29.5 Å². The number of ether oxygens (including phenoxy) is 1. The molecule has 0 aliphatic rings. The Labute approximate surface area is 221 Å². The minimum atomic E-state index is -4.05. The number of carbonyl (C=O) groups excluding carboxylic acids is 2. The van der Waals surface area contributed by atoms with Crippen molar-refractivity contribution in [3.05, 3.63) is 83.3 Å². The molecule has 4 rings (SSSR count). The average molecular weight is 556 g/mol. The summed E-state index contributed by atoms with van der Waals surface area (Å²) in [7, 11) is -4.05. The van der Waals surface area contributed by atoms with E-state index >= 15 is 0 Å². The van der Waals surface area contributed by atoms with Gasteiger partial charge < -0.3 is 13.3 Å². The average Bonchev–Trinajstić information content (AvgIpc) is 3.59. The predicted molar refractivity (Wildman–Crippen MR) is 138 cm³/mol. The molecule has 38 heavy (non-hydrogen) atoms. The SMILES string of the molecule is CCOc1cc(C=NNC(=O)Cc2nnc(NC(=O)c3ccco3)s2)ccc1OS(=O)(=O)c1ccccc1. The van der Waals surface area contributed by atoms with E-state index in [1.165, 1.54) is 42.8 Å². The third-order valence-corrected chi connectivity index (χ3v) is 6.73. The maximum atomic E-state index is 12.6. The lowest BCUT2D eigenvalue weighted by Gasteiger charge is -2.12. The molecule has 2 amide bonds. The van der Waals surface area contributed by atoms with Crippen LogP contribution in [0.25, 0.3) is 0 Å². The van der Waals surface area contributed by atoms with E-state index < -0.39 is 21.9 Å². The summed E-state index contributed by atoms with van der Waals surface area (Å²) >= 11 is 1.04. The van der Waals surface area contributed by atoms with Crippen LogP contribution in [0.3, 0.4) is 0 Å². The van der Waals surface area contributed by atoms with E-state index in [-0.39, 0.29) is 40.3 Å². The fourth-order valence-electron chi connectivity index (χ4n) is 2.99. The van der Waals surface area contributed by atoms with Gasteiger partial charge >= 0.3 is 10.1 Å². The number of nitrogens with zero attached hydrogens (tertiary/aromatic N) is 3. The van der Waals surface area contributed by atoms with Crippen LogP contribution in [0.5, 0.6) is 11.5 Å². The molecule has 0 spiro atoms. The van der Waals surface area contributed by atoms with Crippen LogP contribution in [0.15, 0.2) is 81.3 Å². The van der Waals surface area contributed by atoms with Crippen molar-refractivity contribution in [3.63, 3.8) is 0 Å². The van der Waals surface area contributed by atoms with Gasteiger partial charge in [0, 0.05) is 0 Å². The molecule has 0 unspecified atom stereocenters. The van der Waals surface area contributed by atoms with Crippen LogP contribution in [0, 0.1) is 0 Å². The number of amides is 2. The molecule has 2 heterocycles. The van der Waals surface area contributed by atoms with Gasteiger partial charge in [0.15, 0.2) is 17.3 Å². The molecule has 0 saturated carbocycles. The third-order valence-electron chi connectivity index (χ3n) is 4.65. The van der Waals surface area contributed by atoms with Crippen molar-refractivity contribution < 1.29 is 31.3 Å². The first-order chi connectivity index (χ1) is 18.3. The molecule has 0 radical (unpaired) electrons. The van der Waals surface area contributed by atoms with E-state index in [0.29, 0.717) is 10.6 Å². The van der Waals surface area contributed by atoms with Crippen molar-refractivity contribution in [2.45, 2.75) is 18.2 Å². The minimum absolute atomic E-state index is 0.0123. The van der Waals surface area contributed by atoms with Crippen molar-refractivity contribution >= 4 is 44.6 Å². The number of nitrogens with one attached hydrogen (secondary N) is 2. The molecule has 2 aromatic heterocycles. The number of aromatic nitrogens is 2. The first-order valence-electron chi connectivity index (χ1n) is 11.1. The van der Waals surface area contributed by atoms with E-state index in [1.807, 2.05) is 0 Å². The zero-order valence-electron chi connectivity index (χ0n) is 19.9. The van der Waals surface area contributed by atoms with Crippen LogP contribution < -0.4 is 19.7 Å². The number of hydrogen-bond acceptors (Lipinski definition) is 11. The normalized spacial score (nSPS) is 11.3. The van der Waals surface area contributed by atoms with E-state index in [0.717, 1.165) is 11.3 Å². The highest BCUT2D eigenvalue weighted by Gasteiger charge is 2.19. The van der Waals surface area contributed by atoms with Gasteiger partial charge in [0.05, 0.1) is 25.5 Å². The number of benzene rings is 2. The number of hydrogen-bond donors (Lipinski definition) is 2. The van der Waals surface area contributed by atoms with Crippen LogP contribution in [0.1, 0.15) is 28.0 Å². The Morgan fingerprint density at radius 2 is 1.89 bits per heavy atom. The standard InChI is InChI=1S/C24H21N5O7S2/c1-2-34-20-13-16(10-11-18(20)36-38(32,33)17-7-4-3-5-8-17)15-25-27-21(30)14-22-28-29-24(37-22)26-23(31)19-9-6-12-35-19/h3-13,15H,2,14H2,1H3,(H,27,30)(H,26,29,31). The monoisotopic (exact) mass is 555 g/mol. The van der Waals surface area contributed by atoms with Crippen LogP contribution in [-0.2, 0) is 21.3 Å². The van der Waals surface area contributed by atoms with E-state index in [1.54, 1.807) is 37.3 Å². The summed E-state index contributed by atoms with van der Waals surface area (Å²) in [6.45, 7) is 2.02. The largest absolute Gasteiger partial charge is 0.490 e. The number of hydrazone groups is 1. The molecule has 0 saturated heterocycles. The van der Waals surface area contributed by atoms with Gasteiger partial charge in [0.25, 0.3) is 5.91 Å². The summed E-state index contributed by atoms with van der Waals surface area (Å²) in [4.78, 5) is 24.2. The van der Waals surface area contributed by atoms with Crippen LogP contribution in [-0.4, -0.2) is 43.3 Å². The quantitative estimate of drug-likeness (QED) is 0.161. The maximum Gasteiger partial charge on any atom is 0.339 e. The van der Waals surface area contributed by atoms with Crippen molar-refractivity contribution in [2.75, 3.05) is 11.9 Å². The minimum Gasteiger partial charge on any atom is -0.490 e. The summed E-state index contributed by atoms with van der Waals surface area (Å²) in [5, 5.41) is 14.8. The van der Waals surface area contributed by atoms with Gasteiger partial charge in [-0.25, -0.2) is 5.43 Å². The first-order valence-corrected chi connectivity index (χ1v) is 13.3. The second-order valence-electron chi connectivity index (χ2n) is 7.39. The second kappa shape index (κ2) is 12.1. The smallest absolute Gasteiger partial charge is 0.339 e. The van der Waals surface area contributed by atoms with Gasteiger partial charge in [0.1, 0.15) is 9.90 Å². The molecular weight excluding hydrogens is 534 g/mol. The molecule has 12 nitrogen and oxygen atoms in total. The van der Waals surface area contributed by atoms with Crippen LogP contribution in [0.2, 0.25) is 0 Å². The highest BCUT2D eigenvalue weighted by atomic mass is 32.2. The Kier molecular flexibility index (Phi) is 8.45. The van der Waals surface area contributed by atoms with Gasteiger partial charge in [-0.2, -0.15) is 13.5 Å². The summed E-state index contributed by atoms with van der Waals surface area (Å²) in [6, 6.07) is 15.4. The third kappa shape index (κ3) is 7.02. The van der Waals surface area contributed by atoms with Gasteiger partial charge in [-0.05, 0) is 55.0 Å². The number of rotatable bonds is 11. The predicted octanol–water partition coefficient (Wildman–Crippen LogP) is 3.24. The second-order valence-corrected chi connectivity index (χ2v) is 10.0. The molecule has 0 aliphatic carbocycles. The van der Waals surface area contributed by atoms with Crippen molar-refractivity contribution in [3.8, 4) is 11.5 Å². The van der Waals surface area contributed by atoms with E-state index in [4.69, 9.17) is 13.3 Å². The summed E-state index contributed by atoms with van der Waals surface area (Å²) in [5.74, 6) is -0.602. The van der Waals surface area contributed by atoms with Gasteiger partial charge in [0.2, 0.25) is 11.0 Å². The highest BCUT2D eigenvalue weighted by molar-refractivity contribution is 7.87. The molecule has 0 aliphatic heterocycles. The van der Waals surface area contributed by atoms with Crippen LogP contribution >= 0.6 is 11.3 Å². The zero-order chi connectivity index (χ0) is 27.0. The topological polar surface area (TPSA) is 162 Å². The van der Waals surface area contributed by atoms with Gasteiger partial charge in [-0.3, -0.25) is 14.9 Å². The fraction of sp³-hybridized carbons (Fsp3) is 0.125. The summed E-state index contributed by atoms with van der Waals surface area (Å²) < 4.78 is 40.9. The molecule has 0 atom stereocenters. The lowest BCUT2D eigenvalue weighted by Crippen LogP contribution is -2.19. The Bertz CT molecular complexity index is 1540. The zero-order valence-corrected chi connectivity index (χ0v) is 21.5. The molecule has 2 N–H and O–H groups in total. The molecule has 0 fully saturated rings. The van der Waals surface area contributed by atoms with Crippen LogP contribution in [0.4, 0.5) is 5.13 Å². The Morgan fingerprint density at radius 3 is 2.63 bits per heavy atom.